The highest BCUT2D eigenvalue weighted by Gasteiger charge is 2.18. The Kier molecular flexibility index (Phi) is 5.17. The van der Waals surface area contributed by atoms with Crippen LogP contribution in [0, 0.1) is 0 Å². The molecule has 0 spiro atoms. The van der Waals surface area contributed by atoms with Crippen LogP contribution in [0.2, 0.25) is 15.3 Å². The van der Waals surface area contributed by atoms with E-state index in [1.54, 1.807) is 12.3 Å². The van der Waals surface area contributed by atoms with Crippen LogP contribution in [0.25, 0.3) is 0 Å². The van der Waals surface area contributed by atoms with Crippen molar-refractivity contribution >= 4 is 34.8 Å². The lowest BCUT2D eigenvalue weighted by atomic mass is 10.0. The van der Waals surface area contributed by atoms with Gasteiger partial charge in [-0.2, -0.15) is 0 Å². The third kappa shape index (κ3) is 3.46. The molecular formula is C14H14Cl3NO. The van der Waals surface area contributed by atoms with Gasteiger partial charge in [-0.1, -0.05) is 42.3 Å². The fourth-order valence-electron chi connectivity index (χ4n) is 2.02. The summed E-state index contributed by atoms with van der Waals surface area (Å²) in [5.74, 6) is 0. The van der Waals surface area contributed by atoms with Gasteiger partial charge in [-0.05, 0) is 42.3 Å². The van der Waals surface area contributed by atoms with Gasteiger partial charge < -0.3 is 9.73 Å². The van der Waals surface area contributed by atoms with E-state index in [2.05, 4.69) is 5.32 Å². The van der Waals surface area contributed by atoms with Crippen LogP contribution in [-0.4, -0.2) is 6.54 Å². The van der Waals surface area contributed by atoms with E-state index in [0.717, 1.165) is 17.7 Å². The topological polar surface area (TPSA) is 25.2 Å². The number of rotatable bonds is 5. The van der Waals surface area contributed by atoms with E-state index in [4.69, 9.17) is 39.2 Å². The van der Waals surface area contributed by atoms with Crippen LogP contribution in [0.5, 0.6) is 0 Å². The normalized spacial score (nSPS) is 12.6. The first kappa shape index (κ1) is 14.7. The van der Waals surface area contributed by atoms with Crippen molar-refractivity contribution in [3.05, 3.63) is 56.9 Å². The highest BCUT2D eigenvalue weighted by molar-refractivity contribution is 6.42. The van der Waals surface area contributed by atoms with E-state index < -0.39 is 0 Å². The van der Waals surface area contributed by atoms with Crippen molar-refractivity contribution in [3.8, 4) is 0 Å². The van der Waals surface area contributed by atoms with Crippen LogP contribution < -0.4 is 5.32 Å². The zero-order valence-corrected chi connectivity index (χ0v) is 12.7. The molecule has 1 aromatic heterocycles. The fraction of sp³-hybridized carbons (Fsp3) is 0.286. The van der Waals surface area contributed by atoms with E-state index in [0.29, 0.717) is 21.7 Å². The number of likely N-dealkylation sites (N-methyl/N-ethyl adjacent to an activating group) is 1. The van der Waals surface area contributed by atoms with Crippen LogP contribution in [0.1, 0.15) is 24.1 Å². The molecule has 0 saturated carbocycles. The minimum atomic E-state index is 0.0483. The van der Waals surface area contributed by atoms with Crippen molar-refractivity contribution in [1.29, 1.82) is 0 Å². The molecule has 1 aromatic carbocycles. The molecule has 0 aliphatic heterocycles. The third-order valence-electron chi connectivity index (χ3n) is 2.93. The smallest absolute Gasteiger partial charge is 0.197 e. The highest BCUT2D eigenvalue weighted by Crippen LogP contribution is 2.31. The molecule has 1 unspecified atom stereocenters. The molecule has 0 aliphatic carbocycles. The molecule has 0 fully saturated rings. The number of furan rings is 1. The first-order valence-corrected chi connectivity index (χ1v) is 7.16. The maximum Gasteiger partial charge on any atom is 0.197 e. The second-order valence-electron chi connectivity index (χ2n) is 4.18. The molecule has 2 aromatic rings. The molecule has 1 N–H and O–H groups in total. The summed E-state index contributed by atoms with van der Waals surface area (Å²) in [4.78, 5) is 0. The Morgan fingerprint density at radius 1 is 1.21 bits per heavy atom. The Balaban J connectivity index is 2.27. The van der Waals surface area contributed by atoms with Crippen LogP contribution in [0.15, 0.2) is 34.9 Å². The summed E-state index contributed by atoms with van der Waals surface area (Å²) in [6, 6.07) is 7.55. The highest BCUT2D eigenvalue weighted by atomic mass is 35.5. The van der Waals surface area contributed by atoms with Gasteiger partial charge in [0.1, 0.15) is 0 Å². The second-order valence-corrected chi connectivity index (χ2v) is 5.31. The van der Waals surface area contributed by atoms with Gasteiger partial charge in [0.2, 0.25) is 0 Å². The maximum atomic E-state index is 6.22. The van der Waals surface area contributed by atoms with Gasteiger partial charge in [0.25, 0.3) is 0 Å². The Morgan fingerprint density at radius 2 is 2.00 bits per heavy atom. The van der Waals surface area contributed by atoms with Gasteiger partial charge in [0.05, 0.1) is 16.3 Å². The Morgan fingerprint density at radius 3 is 2.63 bits per heavy atom. The molecule has 0 aliphatic rings. The fourth-order valence-corrected chi connectivity index (χ4v) is 2.66. The molecule has 19 heavy (non-hydrogen) atoms. The Hall–Kier alpha value is -0.670. The Labute approximate surface area is 127 Å². The van der Waals surface area contributed by atoms with E-state index in [1.165, 1.54) is 0 Å². The predicted octanol–water partition coefficient (Wildman–Crippen LogP) is 5.13. The van der Waals surface area contributed by atoms with Crippen LogP contribution in [0.3, 0.4) is 0 Å². The van der Waals surface area contributed by atoms with E-state index >= 15 is 0 Å². The number of halogens is 3. The monoisotopic (exact) mass is 317 g/mol. The molecule has 1 heterocycles. The maximum absolute atomic E-state index is 6.22. The number of hydrogen-bond acceptors (Lipinski definition) is 2. The third-order valence-corrected chi connectivity index (χ3v) is 4.09. The first-order chi connectivity index (χ1) is 9.13. The number of benzene rings is 1. The van der Waals surface area contributed by atoms with Crippen LogP contribution >= 0.6 is 34.8 Å². The molecule has 0 amide bonds. The minimum absolute atomic E-state index is 0.0483. The molecule has 2 nitrogen and oxygen atoms in total. The van der Waals surface area contributed by atoms with Crippen LogP contribution in [0.4, 0.5) is 0 Å². The second kappa shape index (κ2) is 6.67. The lowest BCUT2D eigenvalue weighted by Gasteiger charge is -2.18. The average Bonchev–Trinajstić information content (AvgIpc) is 2.80. The quantitative estimate of drug-likeness (QED) is 0.826. The largest absolute Gasteiger partial charge is 0.453 e. The molecule has 5 heteroatoms. The Bertz CT molecular complexity index is 553. The predicted molar refractivity (Wildman–Crippen MR) is 80.3 cm³/mol. The van der Waals surface area contributed by atoms with Crippen molar-refractivity contribution in [1.82, 2.24) is 5.32 Å². The molecule has 0 bridgehead atoms. The van der Waals surface area contributed by atoms with Crippen molar-refractivity contribution in [2.75, 3.05) is 6.54 Å². The van der Waals surface area contributed by atoms with Gasteiger partial charge in [-0.3, -0.25) is 0 Å². The van der Waals surface area contributed by atoms with Gasteiger partial charge in [-0.15, -0.1) is 0 Å². The van der Waals surface area contributed by atoms with E-state index in [9.17, 15) is 0 Å². The molecular weight excluding hydrogens is 305 g/mol. The standard InChI is InChI=1S/C14H14Cl3NO/c1-2-18-12(10-6-7-19-14(10)17)8-9-4-3-5-11(15)13(9)16/h3-7,12,18H,2,8H2,1H3. The summed E-state index contributed by atoms with van der Waals surface area (Å²) < 4.78 is 5.15. The minimum Gasteiger partial charge on any atom is -0.453 e. The molecule has 102 valence electrons. The van der Waals surface area contributed by atoms with Crippen molar-refractivity contribution in [2.45, 2.75) is 19.4 Å². The summed E-state index contributed by atoms with van der Waals surface area (Å²) in [7, 11) is 0. The van der Waals surface area contributed by atoms with E-state index in [-0.39, 0.29) is 6.04 Å². The SMILES string of the molecule is CCNC(Cc1cccc(Cl)c1Cl)c1ccoc1Cl. The summed E-state index contributed by atoms with van der Waals surface area (Å²) in [5, 5.41) is 4.93. The zero-order valence-electron chi connectivity index (χ0n) is 10.4. The van der Waals surface area contributed by atoms with Gasteiger partial charge >= 0.3 is 0 Å². The van der Waals surface area contributed by atoms with E-state index in [1.807, 2.05) is 25.1 Å². The lowest BCUT2D eigenvalue weighted by molar-refractivity contribution is 0.526. The lowest BCUT2D eigenvalue weighted by Crippen LogP contribution is -2.23. The number of nitrogens with one attached hydrogen (secondary N) is 1. The van der Waals surface area contributed by atoms with Crippen molar-refractivity contribution in [2.24, 2.45) is 0 Å². The summed E-state index contributed by atoms with van der Waals surface area (Å²) in [6.07, 6.45) is 2.29. The van der Waals surface area contributed by atoms with Gasteiger partial charge in [0, 0.05) is 11.6 Å². The average molecular weight is 319 g/mol. The first-order valence-electron chi connectivity index (χ1n) is 6.02. The number of hydrogen-bond donors (Lipinski definition) is 1. The molecule has 0 radical (unpaired) electrons. The van der Waals surface area contributed by atoms with Crippen LogP contribution in [-0.2, 0) is 6.42 Å². The van der Waals surface area contributed by atoms with Crippen molar-refractivity contribution in [3.63, 3.8) is 0 Å². The van der Waals surface area contributed by atoms with Gasteiger partial charge in [-0.25, -0.2) is 0 Å². The molecule has 1 atom stereocenters. The summed E-state index contributed by atoms with van der Waals surface area (Å²) in [5.41, 5.74) is 1.91. The molecule has 0 saturated heterocycles. The molecule has 2 rings (SSSR count). The summed E-state index contributed by atoms with van der Waals surface area (Å²) in [6.45, 7) is 2.87. The van der Waals surface area contributed by atoms with Crippen molar-refractivity contribution < 1.29 is 4.42 Å². The zero-order chi connectivity index (χ0) is 13.8. The van der Waals surface area contributed by atoms with Gasteiger partial charge in [0.15, 0.2) is 5.22 Å². The summed E-state index contributed by atoms with van der Waals surface area (Å²) >= 11 is 18.3.